The van der Waals surface area contributed by atoms with Gasteiger partial charge in [-0.1, -0.05) is 6.07 Å². The number of carbonyl (C=O) groups excluding carboxylic acids is 2. The lowest BCUT2D eigenvalue weighted by Gasteiger charge is -2.21. The monoisotopic (exact) mass is 288 g/mol. The average Bonchev–Trinajstić information content (AvgIpc) is 2.80. The number of nitrogens with one attached hydrogen (secondary N) is 1. The first-order valence-corrected chi connectivity index (χ1v) is 7.53. The van der Waals surface area contributed by atoms with Gasteiger partial charge in [-0.25, -0.2) is 0 Å². The van der Waals surface area contributed by atoms with Gasteiger partial charge in [-0.05, 0) is 51.0 Å². The third kappa shape index (κ3) is 3.63. The van der Waals surface area contributed by atoms with E-state index in [4.69, 9.17) is 0 Å². The Morgan fingerprint density at radius 3 is 2.62 bits per heavy atom. The summed E-state index contributed by atoms with van der Waals surface area (Å²) in [7, 11) is 0. The molecule has 2 rings (SSSR count). The summed E-state index contributed by atoms with van der Waals surface area (Å²) in [6, 6.07) is 5.95. The van der Waals surface area contributed by atoms with E-state index < -0.39 is 0 Å². The lowest BCUT2D eigenvalue weighted by Crippen LogP contribution is -2.34. The van der Waals surface area contributed by atoms with E-state index in [2.05, 4.69) is 5.32 Å². The molecule has 21 heavy (non-hydrogen) atoms. The molecule has 1 fully saturated rings. The number of nitrogens with zero attached hydrogens (tertiary/aromatic N) is 1. The number of hydrogen-bond donors (Lipinski definition) is 1. The Kier molecular flexibility index (Phi) is 4.66. The van der Waals surface area contributed by atoms with Crippen LogP contribution in [0, 0.1) is 19.8 Å². The molecule has 0 spiro atoms. The van der Waals surface area contributed by atoms with Crippen LogP contribution in [0.25, 0.3) is 0 Å². The molecule has 1 saturated heterocycles. The highest BCUT2D eigenvalue weighted by atomic mass is 16.2. The summed E-state index contributed by atoms with van der Waals surface area (Å²) in [5.41, 5.74) is 2.98. The molecule has 4 nitrogen and oxygen atoms in total. The summed E-state index contributed by atoms with van der Waals surface area (Å²) in [6.45, 7) is 9.37. The molecule has 2 amide bonds. The maximum Gasteiger partial charge on any atom is 0.251 e. The van der Waals surface area contributed by atoms with Gasteiger partial charge in [-0.15, -0.1) is 0 Å². The molecule has 0 bridgehead atoms. The van der Waals surface area contributed by atoms with Gasteiger partial charge in [0.25, 0.3) is 5.91 Å². The summed E-state index contributed by atoms with van der Waals surface area (Å²) >= 11 is 0. The van der Waals surface area contributed by atoms with Crippen LogP contribution in [-0.4, -0.2) is 35.8 Å². The summed E-state index contributed by atoms with van der Waals surface area (Å²) in [6.07, 6.45) is 0.533. The Bertz CT molecular complexity index is 552. The van der Waals surface area contributed by atoms with Crippen molar-refractivity contribution in [3.05, 3.63) is 34.9 Å². The highest BCUT2D eigenvalue weighted by Gasteiger charge is 2.31. The van der Waals surface area contributed by atoms with Crippen LogP contribution in [0.15, 0.2) is 18.2 Å². The minimum absolute atomic E-state index is 0.0615. The SMILES string of the molecule is Cc1ccc(C(=O)NCC2CC(=O)N(C(C)C)C2)cc1C. The molecule has 0 aromatic heterocycles. The average molecular weight is 288 g/mol. The van der Waals surface area contributed by atoms with Crippen LogP contribution in [0.1, 0.15) is 41.8 Å². The zero-order chi connectivity index (χ0) is 15.6. The Morgan fingerprint density at radius 1 is 1.33 bits per heavy atom. The topological polar surface area (TPSA) is 49.4 Å². The lowest BCUT2D eigenvalue weighted by molar-refractivity contribution is -0.129. The van der Waals surface area contributed by atoms with Gasteiger partial charge < -0.3 is 10.2 Å². The van der Waals surface area contributed by atoms with Gasteiger partial charge >= 0.3 is 0 Å². The minimum Gasteiger partial charge on any atom is -0.352 e. The zero-order valence-electron chi connectivity index (χ0n) is 13.3. The molecule has 0 saturated carbocycles. The Morgan fingerprint density at radius 2 is 2.05 bits per heavy atom. The fourth-order valence-electron chi connectivity index (χ4n) is 2.67. The van der Waals surface area contributed by atoms with Gasteiger partial charge in [0.05, 0.1) is 0 Å². The van der Waals surface area contributed by atoms with E-state index in [-0.39, 0.29) is 23.8 Å². The van der Waals surface area contributed by atoms with E-state index in [1.54, 1.807) is 0 Å². The second-order valence-corrected chi connectivity index (χ2v) is 6.22. The Balaban J connectivity index is 1.90. The molecule has 1 aliphatic rings. The van der Waals surface area contributed by atoms with Crippen molar-refractivity contribution in [2.24, 2.45) is 5.92 Å². The van der Waals surface area contributed by atoms with Gasteiger partial charge in [0.2, 0.25) is 5.91 Å². The van der Waals surface area contributed by atoms with Crippen LogP contribution in [-0.2, 0) is 4.79 Å². The fourth-order valence-corrected chi connectivity index (χ4v) is 2.67. The molecule has 1 N–H and O–H groups in total. The van der Waals surface area contributed by atoms with E-state index in [0.717, 1.165) is 12.1 Å². The van der Waals surface area contributed by atoms with Crippen LogP contribution in [0.5, 0.6) is 0 Å². The molecular weight excluding hydrogens is 264 g/mol. The van der Waals surface area contributed by atoms with Crippen molar-refractivity contribution in [2.75, 3.05) is 13.1 Å². The lowest BCUT2D eigenvalue weighted by atomic mass is 10.1. The first kappa shape index (κ1) is 15.5. The molecule has 1 heterocycles. The highest BCUT2D eigenvalue weighted by molar-refractivity contribution is 5.94. The quantitative estimate of drug-likeness (QED) is 0.924. The molecule has 1 unspecified atom stereocenters. The molecule has 1 aliphatic heterocycles. The first-order chi connectivity index (χ1) is 9.88. The van der Waals surface area contributed by atoms with Gasteiger partial charge in [0.1, 0.15) is 0 Å². The van der Waals surface area contributed by atoms with Gasteiger partial charge in [-0.3, -0.25) is 9.59 Å². The van der Waals surface area contributed by atoms with Gasteiger partial charge in [-0.2, -0.15) is 0 Å². The number of hydrogen-bond acceptors (Lipinski definition) is 2. The third-order valence-corrected chi connectivity index (χ3v) is 4.18. The predicted molar refractivity (Wildman–Crippen MR) is 83.2 cm³/mol. The molecule has 4 heteroatoms. The molecule has 114 valence electrons. The number of carbonyl (C=O) groups is 2. The van der Waals surface area contributed by atoms with Crippen molar-refractivity contribution in [3.8, 4) is 0 Å². The van der Waals surface area contributed by atoms with Crippen LogP contribution in [0.4, 0.5) is 0 Å². The normalized spacial score (nSPS) is 18.4. The van der Waals surface area contributed by atoms with E-state index in [1.807, 2.05) is 50.8 Å². The van der Waals surface area contributed by atoms with Gasteiger partial charge in [0, 0.05) is 37.0 Å². The van der Waals surface area contributed by atoms with Crippen molar-refractivity contribution in [1.29, 1.82) is 0 Å². The second-order valence-electron chi connectivity index (χ2n) is 6.22. The van der Waals surface area contributed by atoms with E-state index in [0.29, 0.717) is 18.5 Å². The van der Waals surface area contributed by atoms with Crippen molar-refractivity contribution in [2.45, 2.75) is 40.2 Å². The molecule has 1 aromatic carbocycles. The summed E-state index contributed by atoms with van der Waals surface area (Å²) < 4.78 is 0. The van der Waals surface area contributed by atoms with Gasteiger partial charge in [0.15, 0.2) is 0 Å². The fraction of sp³-hybridized carbons (Fsp3) is 0.529. The van der Waals surface area contributed by atoms with E-state index >= 15 is 0 Å². The Hall–Kier alpha value is -1.84. The maximum absolute atomic E-state index is 12.2. The predicted octanol–water partition coefficient (Wildman–Crippen LogP) is 2.29. The largest absolute Gasteiger partial charge is 0.352 e. The number of likely N-dealkylation sites (tertiary alicyclic amines) is 1. The van der Waals surface area contributed by atoms with Crippen molar-refractivity contribution >= 4 is 11.8 Å². The molecule has 0 radical (unpaired) electrons. The molecular formula is C17H24N2O2. The number of amides is 2. The standard InChI is InChI=1S/C17H24N2O2/c1-11(2)19-10-14(8-16(19)20)9-18-17(21)15-6-5-12(3)13(4)7-15/h5-7,11,14H,8-10H2,1-4H3,(H,18,21). The van der Waals surface area contributed by atoms with Crippen LogP contribution >= 0.6 is 0 Å². The van der Waals surface area contributed by atoms with E-state index in [9.17, 15) is 9.59 Å². The maximum atomic E-state index is 12.2. The second kappa shape index (κ2) is 6.29. The molecule has 1 aromatic rings. The number of rotatable bonds is 4. The zero-order valence-corrected chi connectivity index (χ0v) is 13.3. The highest BCUT2D eigenvalue weighted by Crippen LogP contribution is 2.19. The summed E-state index contributed by atoms with van der Waals surface area (Å²) in [4.78, 5) is 25.9. The summed E-state index contributed by atoms with van der Waals surface area (Å²) in [5, 5.41) is 2.95. The van der Waals surface area contributed by atoms with Crippen LogP contribution < -0.4 is 5.32 Å². The first-order valence-electron chi connectivity index (χ1n) is 7.53. The van der Waals surface area contributed by atoms with E-state index in [1.165, 1.54) is 5.56 Å². The van der Waals surface area contributed by atoms with Crippen LogP contribution in [0.3, 0.4) is 0 Å². The smallest absolute Gasteiger partial charge is 0.251 e. The van der Waals surface area contributed by atoms with Crippen molar-refractivity contribution in [1.82, 2.24) is 10.2 Å². The molecule has 0 aliphatic carbocycles. The summed E-state index contributed by atoms with van der Waals surface area (Å²) in [5.74, 6) is 0.347. The minimum atomic E-state index is -0.0615. The van der Waals surface area contributed by atoms with Crippen molar-refractivity contribution < 1.29 is 9.59 Å². The molecule has 1 atom stereocenters. The third-order valence-electron chi connectivity index (χ3n) is 4.18. The number of benzene rings is 1. The Labute approximate surface area is 126 Å². The van der Waals surface area contributed by atoms with Crippen LogP contribution in [0.2, 0.25) is 0 Å². The number of aryl methyl sites for hydroxylation is 2. The van der Waals surface area contributed by atoms with Crippen molar-refractivity contribution in [3.63, 3.8) is 0 Å².